The lowest BCUT2D eigenvalue weighted by molar-refractivity contribution is -0.131. The number of rotatable bonds is 4. The topological polar surface area (TPSA) is 124 Å². The number of benzene rings is 1. The highest BCUT2D eigenvalue weighted by atomic mass is 32.2. The van der Waals surface area contributed by atoms with Crippen molar-refractivity contribution in [3.63, 3.8) is 0 Å². The Morgan fingerprint density at radius 3 is 2.55 bits per heavy atom. The Kier molecular flexibility index (Phi) is 3.55. The van der Waals surface area contributed by atoms with Crippen molar-refractivity contribution >= 4 is 27.7 Å². The maximum absolute atomic E-state index is 11.6. The van der Waals surface area contributed by atoms with Crippen molar-refractivity contribution in [1.29, 1.82) is 0 Å². The first-order chi connectivity index (χ1) is 9.29. The lowest BCUT2D eigenvalue weighted by Crippen LogP contribution is -2.21. The molecule has 8 nitrogen and oxygen atoms in total. The lowest BCUT2D eigenvalue weighted by Gasteiger charge is -2.13. The highest BCUT2D eigenvalue weighted by Crippen LogP contribution is 2.19. The van der Waals surface area contributed by atoms with Gasteiger partial charge in [0.2, 0.25) is 5.91 Å². The first-order valence-corrected chi connectivity index (χ1v) is 6.89. The normalized spacial score (nSPS) is 15.3. The minimum Gasteiger partial charge on any atom is -0.477 e. The highest BCUT2D eigenvalue weighted by molar-refractivity contribution is 7.85. The molecule has 0 aromatic heterocycles. The Balaban J connectivity index is 2.32. The van der Waals surface area contributed by atoms with Gasteiger partial charge in [0.05, 0.1) is 17.9 Å². The fourth-order valence-electron chi connectivity index (χ4n) is 1.76. The van der Waals surface area contributed by atoms with Gasteiger partial charge in [-0.1, -0.05) is 18.2 Å². The van der Waals surface area contributed by atoms with E-state index in [1.165, 1.54) is 24.3 Å². The van der Waals surface area contributed by atoms with Crippen LogP contribution in [0.25, 0.3) is 0 Å². The van der Waals surface area contributed by atoms with Crippen LogP contribution in [0.5, 0.6) is 0 Å². The zero-order chi connectivity index (χ0) is 14.9. The number of carboxylic acids is 1. The molecule has 0 unspecified atom stereocenters. The van der Waals surface area contributed by atoms with Crippen LogP contribution in [0.2, 0.25) is 0 Å². The Bertz CT molecular complexity index is 709. The second kappa shape index (κ2) is 5.02. The molecular weight excluding hydrogens is 288 g/mol. The number of hydrogen-bond donors (Lipinski definition) is 2. The van der Waals surface area contributed by atoms with Gasteiger partial charge in [0.1, 0.15) is 0 Å². The molecule has 1 amide bonds. The average molecular weight is 298 g/mol. The van der Waals surface area contributed by atoms with Crippen molar-refractivity contribution in [3.05, 3.63) is 29.8 Å². The van der Waals surface area contributed by atoms with Crippen LogP contribution in [0.4, 0.5) is 0 Å². The van der Waals surface area contributed by atoms with E-state index in [9.17, 15) is 18.0 Å². The zero-order valence-electron chi connectivity index (χ0n) is 10.1. The summed E-state index contributed by atoms with van der Waals surface area (Å²) < 4.78 is 31.5. The molecule has 1 aromatic carbocycles. The van der Waals surface area contributed by atoms with Gasteiger partial charge >= 0.3 is 5.97 Å². The predicted molar refractivity (Wildman–Crippen MR) is 66.5 cm³/mol. The molecule has 0 saturated heterocycles. The number of hydrazone groups is 1. The number of hydrogen-bond acceptors (Lipinski definition) is 5. The number of nitrogens with zero attached hydrogens (tertiary/aromatic N) is 2. The maximum atomic E-state index is 11.6. The van der Waals surface area contributed by atoms with Crippen LogP contribution >= 0.6 is 0 Å². The molecule has 106 valence electrons. The van der Waals surface area contributed by atoms with Gasteiger partial charge in [-0.3, -0.25) is 9.35 Å². The molecule has 2 rings (SSSR count). The van der Waals surface area contributed by atoms with Gasteiger partial charge in [-0.05, 0) is 11.6 Å². The van der Waals surface area contributed by atoms with Crippen LogP contribution in [-0.4, -0.2) is 40.7 Å². The molecule has 0 radical (unpaired) electrons. The highest BCUT2D eigenvalue weighted by Gasteiger charge is 2.29. The minimum absolute atomic E-state index is 0.152. The molecule has 0 atom stereocenters. The van der Waals surface area contributed by atoms with E-state index >= 15 is 0 Å². The molecule has 1 heterocycles. The maximum Gasteiger partial charge on any atom is 0.352 e. The predicted octanol–water partition coefficient (Wildman–Crippen LogP) is 0.106. The van der Waals surface area contributed by atoms with E-state index in [0.29, 0.717) is 0 Å². The van der Waals surface area contributed by atoms with Gasteiger partial charge in [0.15, 0.2) is 5.71 Å². The first kappa shape index (κ1) is 14.2. The number of carbonyl (C=O) groups excluding carboxylic acids is 1. The summed E-state index contributed by atoms with van der Waals surface area (Å²) in [5, 5.41) is 13.2. The molecule has 1 aliphatic rings. The number of amides is 1. The van der Waals surface area contributed by atoms with E-state index in [1.807, 2.05) is 0 Å². The fourth-order valence-corrected chi connectivity index (χ4v) is 2.48. The van der Waals surface area contributed by atoms with E-state index in [0.717, 1.165) is 5.01 Å². The van der Waals surface area contributed by atoms with Crippen molar-refractivity contribution < 1.29 is 27.7 Å². The third kappa shape index (κ3) is 2.83. The molecular formula is C11H10N2O6S. The second-order valence-corrected chi connectivity index (χ2v) is 5.45. The summed E-state index contributed by atoms with van der Waals surface area (Å²) >= 11 is 0. The lowest BCUT2D eigenvalue weighted by atomic mass is 10.2. The van der Waals surface area contributed by atoms with Crippen LogP contribution in [-0.2, 0) is 26.3 Å². The van der Waals surface area contributed by atoms with Crippen molar-refractivity contribution in [1.82, 2.24) is 5.01 Å². The molecule has 1 aliphatic heterocycles. The van der Waals surface area contributed by atoms with Crippen molar-refractivity contribution in [2.75, 3.05) is 0 Å². The second-order valence-electron chi connectivity index (χ2n) is 4.06. The largest absolute Gasteiger partial charge is 0.477 e. The van der Waals surface area contributed by atoms with Crippen LogP contribution in [0.15, 0.2) is 34.3 Å². The third-order valence-corrected chi connectivity index (χ3v) is 3.62. The fraction of sp³-hybridized carbons (Fsp3) is 0.182. The van der Waals surface area contributed by atoms with Crippen molar-refractivity contribution in [2.24, 2.45) is 5.10 Å². The number of aliphatic carboxylic acids is 1. The van der Waals surface area contributed by atoms with Crippen molar-refractivity contribution in [2.45, 2.75) is 17.9 Å². The molecule has 0 spiro atoms. The molecule has 1 aromatic rings. The van der Waals surface area contributed by atoms with Crippen LogP contribution in [0.3, 0.4) is 0 Å². The Hall–Kier alpha value is -2.26. The van der Waals surface area contributed by atoms with Gasteiger partial charge in [-0.15, -0.1) is 0 Å². The smallest absolute Gasteiger partial charge is 0.352 e. The van der Waals surface area contributed by atoms with E-state index in [1.54, 1.807) is 0 Å². The van der Waals surface area contributed by atoms with Crippen LogP contribution in [0, 0.1) is 0 Å². The Morgan fingerprint density at radius 2 is 2.00 bits per heavy atom. The number of carboxylic acid groups (broad SMARTS) is 1. The monoisotopic (exact) mass is 298 g/mol. The van der Waals surface area contributed by atoms with Gasteiger partial charge in [0, 0.05) is 0 Å². The van der Waals surface area contributed by atoms with Crippen LogP contribution < -0.4 is 0 Å². The van der Waals surface area contributed by atoms with Gasteiger partial charge in [-0.2, -0.15) is 13.5 Å². The first-order valence-electron chi connectivity index (χ1n) is 5.45. The summed E-state index contributed by atoms with van der Waals surface area (Å²) in [6.45, 7) is -0.231. The summed E-state index contributed by atoms with van der Waals surface area (Å²) in [7, 11) is -4.43. The third-order valence-electron chi connectivity index (χ3n) is 2.67. The quantitative estimate of drug-likeness (QED) is 0.760. The average Bonchev–Trinajstić information content (AvgIpc) is 2.71. The van der Waals surface area contributed by atoms with Gasteiger partial charge in [0.25, 0.3) is 10.1 Å². The molecule has 0 saturated carbocycles. The van der Waals surface area contributed by atoms with Gasteiger partial charge in [-0.25, -0.2) is 9.80 Å². The molecule has 20 heavy (non-hydrogen) atoms. The summed E-state index contributed by atoms with van der Waals surface area (Å²) in [4.78, 5) is 22.0. The standard InChI is InChI=1S/C11H10N2O6S/c14-10-5-8(11(15)16)12-13(10)6-7-3-1-2-4-9(7)20(17,18)19/h1-4H,5-6H2,(H,15,16)(H,17,18,19). The Labute approximate surface area is 114 Å². The van der Waals surface area contributed by atoms with E-state index in [4.69, 9.17) is 9.66 Å². The van der Waals surface area contributed by atoms with E-state index < -0.39 is 22.0 Å². The SMILES string of the molecule is O=C(O)C1=NN(Cc2ccccc2S(=O)(=O)O)C(=O)C1. The van der Waals surface area contributed by atoms with Gasteiger partial charge < -0.3 is 5.11 Å². The molecule has 0 aliphatic carbocycles. The molecule has 0 bridgehead atoms. The van der Waals surface area contributed by atoms with E-state index in [2.05, 4.69) is 5.10 Å². The number of carbonyl (C=O) groups is 2. The molecule has 0 fully saturated rings. The summed E-state index contributed by atoms with van der Waals surface area (Å²) in [5.41, 5.74) is -0.155. The molecule has 9 heteroatoms. The summed E-state index contributed by atoms with van der Waals surface area (Å²) in [6, 6.07) is 5.55. The minimum atomic E-state index is -4.43. The summed E-state index contributed by atoms with van der Waals surface area (Å²) in [6.07, 6.45) is -0.344. The zero-order valence-corrected chi connectivity index (χ0v) is 10.9. The molecule has 2 N–H and O–H groups in total. The summed E-state index contributed by atoms with van der Waals surface area (Å²) in [5.74, 6) is -1.85. The van der Waals surface area contributed by atoms with Crippen LogP contribution in [0.1, 0.15) is 12.0 Å². The Morgan fingerprint density at radius 1 is 1.35 bits per heavy atom. The van der Waals surface area contributed by atoms with Crippen molar-refractivity contribution in [3.8, 4) is 0 Å². The van der Waals surface area contributed by atoms with E-state index in [-0.39, 0.29) is 29.1 Å².